The summed E-state index contributed by atoms with van der Waals surface area (Å²) in [6.45, 7) is 0.414. The fourth-order valence-corrected chi connectivity index (χ4v) is 3.74. The van der Waals surface area contributed by atoms with Gasteiger partial charge in [0.1, 0.15) is 17.2 Å². The van der Waals surface area contributed by atoms with Gasteiger partial charge in [-0.1, -0.05) is 17.7 Å². The van der Waals surface area contributed by atoms with Crippen LogP contribution in [-0.4, -0.2) is 37.0 Å². The van der Waals surface area contributed by atoms with Gasteiger partial charge < -0.3 is 19.5 Å². The Balaban J connectivity index is 1.64. The first-order chi connectivity index (χ1) is 17.2. The van der Waals surface area contributed by atoms with Crippen LogP contribution in [0.1, 0.15) is 5.56 Å². The van der Waals surface area contributed by atoms with E-state index in [4.69, 9.17) is 21.1 Å². The van der Waals surface area contributed by atoms with Gasteiger partial charge in [0.15, 0.2) is 0 Å². The smallest absolute Gasteiger partial charge is 0.457 e. The second kappa shape index (κ2) is 10.4. The predicted octanol–water partition coefficient (Wildman–Crippen LogP) is 6.82. The molecule has 0 saturated heterocycles. The lowest BCUT2D eigenvalue weighted by Gasteiger charge is -2.17. The lowest BCUT2D eigenvalue weighted by Crippen LogP contribution is -2.30. The van der Waals surface area contributed by atoms with Crippen molar-refractivity contribution in [3.05, 3.63) is 71.4 Å². The number of anilines is 1. The van der Waals surface area contributed by atoms with Crippen LogP contribution in [0.2, 0.25) is 5.02 Å². The Labute approximate surface area is 208 Å². The average Bonchev–Trinajstić information content (AvgIpc) is 2.87. The van der Waals surface area contributed by atoms with Crippen LogP contribution in [-0.2, 0) is 6.54 Å². The molecule has 11 heteroatoms. The molecular formula is C25H20ClF4N3O3. The van der Waals surface area contributed by atoms with Gasteiger partial charge in [-0.25, -0.2) is 0 Å². The zero-order valence-electron chi connectivity index (χ0n) is 19.1. The summed E-state index contributed by atoms with van der Waals surface area (Å²) < 4.78 is 67.0. The first kappa shape index (κ1) is 25.3. The highest BCUT2D eigenvalue weighted by molar-refractivity contribution is 6.31. The third-order valence-corrected chi connectivity index (χ3v) is 5.58. The number of alkyl halides is 4. The topological polar surface area (TPSA) is 65.5 Å². The van der Waals surface area contributed by atoms with Gasteiger partial charge in [0.05, 0.1) is 31.6 Å². The van der Waals surface area contributed by atoms with Crippen molar-refractivity contribution in [2.75, 3.05) is 19.5 Å². The number of aromatic nitrogens is 2. The third-order valence-electron chi connectivity index (χ3n) is 5.34. The molecule has 1 atom stereocenters. The van der Waals surface area contributed by atoms with Crippen LogP contribution in [0.5, 0.6) is 17.2 Å². The maximum Gasteiger partial charge on any atom is 0.457 e. The molecule has 3 aromatic carbocycles. The zero-order valence-corrected chi connectivity index (χ0v) is 19.8. The van der Waals surface area contributed by atoms with E-state index in [-0.39, 0.29) is 16.3 Å². The summed E-state index contributed by atoms with van der Waals surface area (Å²) in [4.78, 5) is 0. The largest absolute Gasteiger partial charge is 0.497 e. The number of hydrogen-bond donors (Lipinski definition) is 1. The summed E-state index contributed by atoms with van der Waals surface area (Å²) >= 11 is 6.05. The van der Waals surface area contributed by atoms with E-state index in [1.54, 1.807) is 44.7 Å². The highest BCUT2D eigenvalue weighted by Gasteiger charge is 2.42. The van der Waals surface area contributed by atoms with Gasteiger partial charge in [-0.2, -0.15) is 27.8 Å². The number of nitrogens with one attached hydrogen (secondary N) is 1. The van der Waals surface area contributed by atoms with Crippen LogP contribution in [0, 0.1) is 0 Å². The van der Waals surface area contributed by atoms with Crippen molar-refractivity contribution in [1.82, 2.24) is 10.2 Å². The highest BCUT2D eigenvalue weighted by Crippen LogP contribution is 2.37. The highest BCUT2D eigenvalue weighted by atomic mass is 35.5. The van der Waals surface area contributed by atoms with E-state index in [2.05, 4.69) is 20.3 Å². The lowest BCUT2D eigenvalue weighted by molar-refractivity contribution is -0.236. The average molecular weight is 522 g/mol. The fourth-order valence-electron chi connectivity index (χ4n) is 3.57. The summed E-state index contributed by atoms with van der Waals surface area (Å²) in [5.74, 6) is 1.00. The second-order valence-corrected chi connectivity index (χ2v) is 8.07. The quantitative estimate of drug-likeness (QED) is 0.257. The molecule has 1 unspecified atom stereocenters. The predicted molar refractivity (Wildman–Crippen MR) is 128 cm³/mol. The number of fused-ring (bicyclic) bond motifs is 1. The SMILES string of the molecule is COc1ccc(CNc2cnnc3cc(-c4cc(Cl)ccc4OC(F)C(F)(F)F)ccc23)c(OC)c1. The van der Waals surface area contributed by atoms with Gasteiger partial charge in [0.2, 0.25) is 0 Å². The Morgan fingerprint density at radius 3 is 2.50 bits per heavy atom. The number of rotatable bonds is 8. The van der Waals surface area contributed by atoms with E-state index in [0.29, 0.717) is 40.2 Å². The molecule has 0 amide bonds. The minimum absolute atomic E-state index is 0.180. The van der Waals surface area contributed by atoms with Crippen LogP contribution in [0.4, 0.5) is 23.2 Å². The molecule has 0 aliphatic rings. The number of ether oxygens (including phenoxy) is 3. The van der Waals surface area contributed by atoms with Crippen LogP contribution >= 0.6 is 11.6 Å². The van der Waals surface area contributed by atoms with Crippen molar-refractivity contribution < 1.29 is 31.8 Å². The van der Waals surface area contributed by atoms with Gasteiger partial charge in [-0.15, -0.1) is 0 Å². The molecule has 4 rings (SSSR count). The summed E-state index contributed by atoms with van der Waals surface area (Å²) in [5, 5.41) is 12.4. The molecule has 1 heterocycles. The lowest BCUT2D eigenvalue weighted by atomic mass is 10.0. The Bertz CT molecular complexity index is 1380. The minimum atomic E-state index is -5.17. The number of halogens is 5. The fraction of sp³-hybridized carbons (Fsp3) is 0.200. The van der Waals surface area contributed by atoms with Gasteiger partial charge in [0, 0.05) is 34.1 Å². The Morgan fingerprint density at radius 1 is 0.972 bits per heavy atom. The van der Waals surface area contributed by atoms with Crippen LogP contribution in [0.15, 0.2) is 60.8 Å². The molecule has 0 aliphatic carbocycles. The molecule has 0 radical (unpaired) electrons. The van der Waals surface area contributed by atoms with E-state index in [9.17, 15) is 17.6 Å². The molecule has 0 bridgehead atoms. The van der Waals surface area contributed by atoms with Crippen LogP contribution in [0.3, 0.4) is 0 Å². The summed E-state index contributed by atoms with van der Waals surface area (Å²) in [6, 6.07) is 14.4. The van der Waals surface area contributed by atoms with Crippen molar-refractivity contribution in [1.29, 1.82) is 0 Å². The van der Waals surface area contributed by atoms with Crippen molar-refractivity contribution in [3.8, 4) is 28.4 Å². The zero-order chi connectivity index (χ0) is 25.9. The molecule has 0 aliphatic heterocycles. The van der Waals surface area contributed by atoms with Gasteiger partial charge in [-0.3, -0.25) is 0 Å². The second-order valence-electron chi connectivity index (χ2n) is 7.64. The maximum atomic E-state index is 13.6. The van der Waals surface area contributed by atoms with Crippen molar-refractivity contribution in [2.24, 2.45) is 0 Å². The standard InChI is InChI=1S/C25H20ClF4N3O3/c1-34-17-6-3-15(23(11-17)35-2)12-31-21-13-32-33-20-9-14(4-7-18(20)21)19-10-16(26)5-8-22(19)36-24(27)25(28,29)30/h3-11,13,24H,12H2,1-2H3,(H,31,33). The summed E-state index contributed by atoms with van der Waals surface area (Å²) in [7, 11) is 3.14. The molecule has 0 spiro atoms. The van der Waals surface area contributed by atoms with Crippen molar-refractivity contribution in [2.45, 2.75) is 19.1 Å². The molecule has 0 saturated carbocycles. The van der Waals surface area contributed by atoms with Gasteiger partial charge >= 0.3 is 12.5 Å². The molecule has 4 aromatic rings. The normalized spacial score (nSPS) is 12.3. The number of benzene rings is 3. The molecular weight excluding hydrogens is 502 g/mol. The number of methoxy groups -OCH3 is 2. The molecule has 1 aromatic heterocycles. The molecule has 36 heavy (non-hydrogen) atoms. The maximum absolute atomic E-state index is 13.6. The third kappa shape index (κ3) is 5.54. The first-order valence-corrected chi connectivity index (χ1v) is 10.9. The Hall–Kier alpha value is -3.79. The summed E-state index contributed by atoms with van der Waals surface area (Å²) in [6.07, 6.45) is -7.09. The molecule has 6 nitrogen and oxygen atoms in total. The van der Waals surface area contributed by atoms with E-state index < -0.39 is 12.5 Å². The van der Waals surface area contributed by atoms with Crippen molar-refractivity contribution >= 4 is 28.2 Å². The van der Waals surface area contributed by atoms with E-state index in [1.165, 1.54) is 18.2 Å². The molecule has 188 valence electrons. The molecule has 1 N–H and O–H groups in total. The van der Waals surface area contributed by atoms with E-state index in [0.717, 1.165) is 5.56 Å². The van der Waals surface area contributed by atoms with Crippen molar-refractivity contribution in [3.63, 3.8) is 0 Å². The van der Waals surface area contributed by atoms with Crippen LogP contribution < -0.4 is 19.5 Å². The van der Waals surface area contributed by atoms with Gasteiger partial charge in [0.25, 0.3) is 0 Å². The van der Waals surface area contributed by atoms with Crippen LogP contribution in [0.25, 0.3) is 22.0 Å². The Kier molecular flexibility index (Phi) is 7.35. The van der Waals surface area contributed by atoms with E-state index in [1.807, 2.05) is 12.1 Å². The molecule has 0 fully saturated rings. The first-order valence-electron chi connectivity index (χ1n) is 10.6. The minimum Gasteiger partial charge on any atom is -0.497 e. The summed E-state index contributed by atoms with van der Waals surface area (Å²) in [5.41, 5.74) is 2.62. The van der Waals surface area contributed by atoms with Gasteiger partial charge in [-0.05, 0) is 48.0 Å². The van der Waals surface area contributed by atoms with E-state index >= 15 is 0 Å². The monoisotopic (exact) mass is 521 g/mol. The Morgan fingerprint density at radius 2 is 1.78 bits per heavy atom. The number of nitrogens with zero attached hydrogens (tertiary/aromatic N) is 2. The number of hydrogen-bond acceptors (Lipinski definition) is 6.